The molecule has 0 heterocycles. The van der Waals surface area contributed by atoms with Crippen LogP contribution in [-0.4, -0.2) is 17.7 Å². The van der Waals surface area contributed by atoms with Crippen LogP contribution in [0.1, 0.15) is 39.5 Å². The summed E-state index contributed by atoms with van der Waals surface area (Å²) in [5.74, 6) is 1.60. The second kappa shape index (κ2) is 5.66. The molecule has 0 bridgehead atoms. The van der Waals surface area contributed by atoms with E-state index in [1.165, 1.54) is 19.3 Å². The Balaban J connectivity index is 2.20. The van der Waals surface area contributed by atoms with Crippen molar-refractivity contribution < 1.29 is 4.74 Å². The molecule has 0 aliphatic heterocycles. The Kier molecular flexibility index (Phi) is 4.82. The minimum Gasteiger partial charge on any atom is -0.393 e. The van der Waals surface area contributed by atoms with Crippen molar-refractivity contribution in [2.24, 2.45) is 17.6 Å². The first-order chi connectivity index (χ1) is 6.58. The van der Waals surface area contributed by atoms with Crippen molar-refractivity contribution in [1.82, 2.24) is 0 Å². The predicted molar refractivity (Wildman–Crippen MR) is 63.3 cm³/mol. The molecule has 1 aliphatic rings. The second-order valence-corrected chi connectivity index (χ2v) is 5.15. The molecule has 0 aromatic carbocycles. The molecule has 2 nitrogen and oxygen atoms in total. The second-order valence-electron chi connectivity index (χ2n) is 4.63. The maximum atomic E-state index is 5.77. The summed E-state index contributed by atoms with van der Waals surface area (Å²) in [6, 6.07) is 0. The Hall–Kier alpha value is -0.150. The first-order valence-corrected chi connectivity index (χ1v) is 5.88. The van der Waals surface area contributed by atoms with Crippen molar-refractivity contribution in [3.8, 4) is 0 Å². The van der Waals surface area contributed by atoms with Gasteiger partial charge in [0.2, 0.25) is 0 Å². The molecule has 0 spiro atoms. The average molecular weight is 215 g/mol. The first kappa shape index (κ1) is 11.9. The van der Waals surface area contributed by atoms with E-state index in [0.717, 1.165) is 11.8 Å². The monoisotopic (exact) mass is 215 g/mol. The van der Waals surface area contributed by atoms with E-state index in [0.29, 0.717) is 24.1 Å². The highest BCUT2D eigenvalue weighted by molar-refractivity contribution is 7.80. The molecule has 0 aromatic heterocycles. The number of rotatable bonds is 4. The van der Waals surface area contributed by atoms with Gasteiger partial charge >= 0.3 is 0 Å². The van der Waals surface area contributed by atoms with Crippen LogP contribution in [0.2, 0.25) is 0 Å². The number of hydrogen-bond donors (Lipinski definition) is 1. The molecule has 1 saturated carbocycles. The molecule has 0 aromatic rings. The third-order valence-corrected chi connectivity index (χ3v) is 3.04. The van der Waals surface area contributed by atoms with E-state index in [9.17, 15) is 0 Å². The van der Waals surface area contributed by atoms with Crippen LogP contribution in [-0.2, 0) is 4.74 Å². The minimum atomic E-state index is 0.433. The summed E-state index contributed by atoms with van der Waals surface area (Å²) in [6.07, 6.45) is 4.88. The smallest absolute Gasteiger partial charge is 0.0750 e. The van der Waals surface area contributed by atoms with Crippen LogP contribution in [0.3, 0.4) is 0 Å². The van der Waals surface area contributed by atoms with Gasteiger partial charge in [-0.1, -0.05) is 26.1 Å². The molecule has 1 aliphatic carbocycles. The van der Waals surface area contributed by atoms with Gasteiger partial charge in [0, 0.05) is 6.42 Å². The Labute approximate surface area is 92.2 Å². The highest BCUT2D eigenvalue weighted by Crippen LogP contribution is 2.30. The van der Waals surface area contributed by atoms with E-state index in [1.807, 2.05) is 0 Å². The van der Waals surface area contributed by atoms with Gasteiger partial charge < -0.3 is 10.5 Å². The molecule has 14 heavy (non-hydrogen) atoms. The molecule has 2 N–H and O–H groups in total. The fourth-order valence-corrected chi connectivity index (χ4v) is 2.42. The van der Waals surface area contributed by atoms with E-state index in [1.54, 1.807) is 0 Å². The predicted octanol–water partition coefficient (Wildman–Crippen LogP) is 2.50. The summed E-state index contributed by atoms with van der Waals surface area (Å²) in [6.45, 7) is 5.30. The highest BCUT2D eigenvalue weighted by atomic mass is 32.1. The number of hydrogen-bond acceptors (Lipinski definition) is 2. The van der Waals surface area contributed by atoms with Crippen LogP contribution in [0.15, 0.2) is 0 Å². The molecule has 2 atom stereocenters. The fraction of sp³-hybridized carbons (Fsp3) is 0.909. The number of ether oxygens (including phenoxy) is 1. The fourth-order valence-electron chi connectivity index (χ4n) is 2.34. The van der Waals surface area contributed by atoms with Gasteiger partial charge in [-0.15, -0.1) is 0 Å². The van der Waals surface area contributed by atoms with Crippen molar-refractivity contribution in [2.45, 2.75) is 45.6 Å². The Bertz CT molecular complexity index is 186. The maximum absolute atomic E-state index is 5.77. The highest BCUT2D eigenvalue weighted by Gasteiger charge is 2.24. The zero-order valence-corrected chi connectivity index (χ0v) is 9.98. The molecule has 1 fully saturated rings. The maximum Gasteiger partial charge on any atom is 0.0750 e. The molecule has 1 rings (SSSR count). The van der Waals surface area contributed by atoms with Crippen LogP contribution in [0.5, 0.6) is 0 Å². The molecule has 82 valence electrons. The lowest BCUT2D eigenvalue weighted by Gasteiger charge is -2.31. The van der Waals surface area contributed by atoms with Crippen LogP contribution >= 0.6 is 12.2 Å². The van der Waals surface area contributed by atoms with Gasteiger partial charge in [-0.05, 0) is 31.1 Å². The minimum absolute atomic E-state index is 0.433. The van der Waals surface area contributed by atoms with E-state index < -0.39 is 0 Å². The first-order valence-electron chi connectivity index (χ1n) is 5.47. The lowest BCUT2D eigenvalue weighted by Crippen LogP contribution is -2.27. The van der Waals surface area contributed by atoms with E-state index in [4.69, 9.17) is 22.7 Å². The Morgan fingerprint density at radius 1 is 1.29 bits per heavy atom. The van der Waals surface area contributed by atoms with E-state index in [2.05, 4.69) is 13.8 Å². The quantitative estimate of drug-likeness (QED) is 0.732. The average Bonchev–Trinajstić information content (AvgIpc) is 2.01. The largest absolute Gasteiger partial charge is 0.393 e. The van der Waals surface area contributed by atoms with Gasteiger partial charge in [-0.3, -0.25) is 0 Å². The van der Waals surface area contributed by atoms with Crippen LogP contribution < -0.4 is 5.73 Å². The molecular weight excluding hydrogens is 194 g/mol. The van der Waals surface area contributed by atoms with Crippen LogP contribution in [0, 0.1) is 11.8 Å². The number of thiocarbonyl (C=S) groups is 1. The zero-order valence-electron chi connectivity index (χ0n) is 9.16. The van der Waals surface area contributed by atoms with Gasteiger partial charge in [0.05, 0.1) is 17.7 Å². The summed E-state index contributed by atoms with van der Waals surface area (Å²) >= 11 is 4.81. The standard InChI is InChI=1S/C11H21NOS/c1-8-5-9(2)7-10(6-8)13-4-3-11(12)14/h8-10H,3-7H2,1-2H3,(H2,12,14). The lowest BCUT2D eigenvalue weighted by molar-refractivity contribution is 0.00459. The van der Waals surface area contributed by atoms with Gasteiger partial charge in [-0.25, -0.2) is 0 Å². The van der Waals surface area contributed by atoms with Crippen molar-refractivity contribution >= 4 is 17.2 Å². The normalized spacial score (nSPS) is 32.9. The SMILES string of the molecule is CC1CC(C)CC(OCCC(N)=S)C1. The molecular formula is C11H21NOS. The Morgan fingerprint density at radius 2 is 1.86 bits per heavy atom. The van der Waals surface area contributed by atoms with Crippen molar-refractivity contribution in [1.29, 1.82) is 0 Å². The van der Waals surface area contributed by atoms with E-state index in [-0.39, 0.29) is 0 Å². The molecule has 0 saturated heterocycles. The Morgan fingerprint density at radius 3 is 2.36 bits per heavy atom. The van der Waals surface area contributed by atoms with Crippen molar-refractivity contribution in [2.75, 3.05) is 6.61 Å². The number of nitrogens with two attached hydrogens (primary N) is 1. The summed E-state index contributed by atoms with van der Waals surface area (Å²) in [5, 5.41) is 0. The van der Waals surface area contributed by atoms with Gasteiger partial charge in [-0.2, -0.15) is 0 Å². The lowest BCUT2D eigenvalue weighted by atomic mass is 9.82. The van der Waals surface area contributed by atoms with Crippen LogP contribution in [0.25, 0.3) is 0 Å². The topological polar surface area (TPSA) is 35.2 Å². The van der Waals surface area contributed by atoms with Gasteiger partial charge in [0.15, 0.2) is 0 Å². The van der Waals surface area contributed by atoms with Crippen molar-refractivity contribution in [3.05, 3.63) is 0 Å². The summed E-state index contributed by atoms with van der Waals surface area (Å²) in [7, 11) is 0. The molecule has 2 unspecified atom stereocenters. The van der Waals surface area contributed by atoms with E-state index >= 15 is 0 Å². The van der Waals surface area contributed by atoms with Gasteiger partial charge in [0.1, 0.15) is 0 Å². The van der Waals surface area contributed by atoms with Crippen LogP contribution in [0.4, 0.5) is 0 Å². The summed E-state index contributed by atoms with van der Waals surface area (Å²) in [5.41, 5.74) is 5.41. The summed E-state index contributed by atoms with van der Waals surface area (Å²) < 4.78 is 5.77. The van der Waals surface area contributed by atoms with Gasteiger partial charge in [0.25, 0.3) is 0 Å². The molecule has 3 heteroatoms. The summed E-state index contributed by atoms with van der Waals surface area (Å²) in [4.78, 5) is 0.557. The third-order valence-electron chi connectivity index (χ3n) is 2.84. The molecule has 0 radical (unpaired) electrons. The third kappa shape index (κ3) is 4.38. The molecule has 0 amide bonds. The van der Waals surface area contributed by atoms with Crippen molar-refractivity contribution in [3.63, 3.8) is 0 Å². The zero-order chi connectivity index (χ0) is 10.6.